The average molecular weight is 277 g/mol. The second-order valence-corrected chi connectivity index (χ2v) is 6.72. The van der Waals surface area contributed by atoms with E-state index in [0.29, 0.717) is 5.25 Å². The van der Waals surface area contributed by atoms with E-state index in [9.17, 15) is 0 Å². The number of para-hydroxylation sites is 2. The fourth-order valence-corrected chi connectivity index (χ4v) is 2.99. The molecule has 1 heterocycles. The Labute approximate surface area is 119 Å². The zero-order chi connectivity index (χ0) is 13.8. The molecule has 0 saturated heterocycles. The van der Waals surface area contributed by atoms with Crippen molar-refractivity contribution in [1.29, 1.82) is 0 Å². The van der Waals surface area contributed by atoms with Crippen LogP contribution >= 0.6 is 11.8 Å². The number of benzene rings is 1. The monoisotopic (exact) mass is 277 g/mol. The minimum Gasteiger partial charge on any atom is -0.328 e. The van der Waals surface area contributed by atoms with E-state index < -0.39 is 0 Å². The number of hydrogen-bond acceptors (Lipinski definition) is 3. The Balaban J connectivity index is 2.15. The third-order valence-corrected chi connectivity index (χ3v) is 4.43. The van der Waals surface area contributed by atoms with Gasteiger partial charge in [0, 0.05) is 24.8 Å². The average Bonchev–Trinajstić information content (AvgIpc) is 2.73. The molecule has 0 aliphatic heterocycles. The fraction of sp³-hybridized carbons (Fsp3) is 0.533. The van der Waals surface area contributed by atoms with Crippen LogP contribution in [0, 0.1) is 0 Å². The van der Waals surface area contributed by atoms with E-state index in [1.807, 2.05) is 17.8 Å². The summed E-state index contributed by atoms with van der Waals surface area (Å²) in [5, 5.41) is 0.635. The highest BCUT2D eigenvalue weighted by Gasteiger charge is 2.13. The van der Waals surface area contributed by atoms with Crippen LogP contribution in [0.5, 0.6) is 0 Å². The van der Waals surface area contributed by atoms with Gasteiger partial charge in [-0.1, -0.05) is 26.0 Å². The predicted molar refractivity (Wildman–Crippen MR) is 84.7 cm³/mol. The number of thioether (sulfide) groups is 1. The van der Waals surface area contributed by atoms with Gasteiger partial charge in [-0.05, 0) is 24.3 Å². The van der Waals surface area contributed by atoms with Gasteiger partial charge in [-0.15, -0.1) is 0 Å². The molecule has 0 aliphatic rings. The van der Waals surface area contributed by atoms with Crippen LogP contribution in [0.15, 0.2) is 24.3 Å². The Morgan fingerprint density at radius 2 is 2.05 bits per heavy atom. The van der Waals surface area contributed by atoms with Crippen molar-refractivity contribution in [3.63, 3.8) is 0 Å². The highest BCUT2D eigenvalue weighted by Crippen LogP contribution is 2.18. The van der Waals surface area contributed by atoms with Crippen LogP contribution in [0.2, 0.25) is 0 Å². The van der Waals surface area contributed by atoms with Crippen LogP contribution in [-0.2, 0) is 13.0 Å². The molecule has 1 atom stereocenters. The number of hydrogen-bond donors (Lipinski definition) is 1. The Morgan fingerprint density at radius 1 is 1.32 bits per heavy atom. The topological polar surface area (TPSA) is 43.8 Å². The molecule has 2 aromatic rings. The van der Waals surface area contributed by atoms with Gasteiger partial charge in [0.1, 0.15) is 5.82 Å². The zero-order valence-corrected chi connectivity index (χ0v) is 12.8. The Bertz CT molecular complexity index is 533. The summed E-state index contributed by atoms with van der Waals surface area (Å²) in [7, 11) is 0. The molecule has 19 heavy (non-hydrogen) atoms. The first kappa shape index (κ1) is 14.4. The lowest BCUT2D eigenvalue weighted by atomic mass is 10.2. The van der Waals surface area contributed by atoms with E-state index in [-0.39, 0.29) is 6.04 Å². The summed E-state index contributed by atoms with van der Waals surface area (Å²) in [5.74, 6) is 2.10. The van der Waals surface area contributed by atoms with Gasteiger partial charge >= 0.3 is 0 Å². The van der Waals surface area contributed by atoms with Gasteiger partial charge < -0.3 is 10.3 Å². The summed E-state index contributed by atoms with van der Waals surface area (Å²) in [6.07, 6.45) is 0.849. The van der Waals surface area contributed by atoms with Gasteiger partial charge in [0.15, 0.2) is 0 Å². The van der Waals surface area contributed by atoms with Gasteiger partial charge in [0.05, 0.1) is 11.0 Å². The zero-order valence-electron chi connectivity index (χ0n) is 12.0. The molecule has 0 amide bonds. The molecular weight excluding hydrogens is 254 g/mol. The first-order valence-corrected chi connectivity index (χ1v) is 7.98. The lowest BCUT2D eigenvalue weighted by molar-refractivity contribution is 0.651. The van der Waals surface area contributed by atoms with Gasteiger partial charge in [-0.25, -0.2) is 4.98 Å². The van der Waals surface area contributed by atoms with Crippen LogP contribution in [0.1, 0.15) is 26.6 Å². The Kier molecular flexibility index (Phi) is 4.88. The Hall–Kier alpha value is -1.00. The minimum absolute atomic E-state index is 0.175. The fourth-order valence-electron chi connectivity index (χ4n) is 2.24. The van der Waals surface area contributed by atoms with E-state index >= 15 is 0 Å². The summed E-state index contributed by atoms with van der Waals surface area (Å²) in [4.78, 5) is 4.72. The van der Waals surface area contributed by atoms with E-state index in [4.69, 9.17) is 10.7 Å². The summed E-state index contributed by atoms with van der Waals surface area (Å²) in [5.41, 5.74) is 8.51. The molecule has 0 bridgehead atoms. The van der Waals surface area contributed by atoms with E-state index in [1.165, 1.54) is 5.52 Å². The molecule has 1 unspecified atom stereocenters. The van der Waals surface area contributed by atoms with Gasteiger partial charge in [0.25, 0.3) is 0 Å². The van der Waals surface area contributed by atoms with Crippen molar-refractivity contribution in [2.75, 3.05) is 5.75 Å². The number of rotatable bonds is 6. The maximum atomic E-state index is 6.23. The third-order valence-electron chi connectivity index (χ3n) is 3.14. The summed E-state index contributed by atoms with van der Waals surface area (Å²) in [6.45, 7) is 7.52. The van der Waals surface area contributed by atoms with Gasteiger partial charge in [-0.2, -0.15) is 11.8 Å². The molecule has 0 aliphatic carbocycles. The largest absolute Gasteiger partial charge is 0.328 e. The SMILES string of the molecule is CCn1c(CC(N)CSC(C)C)nc2ccccc21. The summed E-state index contributed by atoms with van der Waals surface area (Å²) in [6, 6.07) is 8.47. The van der Waals surface area contributed by atoms with E-state index in [1.54, 1.807) is 0 Å². The lowest BCUT2D eigenvalue weighted by Crippen LogP contribution is -2.27. The van der Waals surface area contributed by atoms with E-state index in [0.717, 1.165) is 30.1 Å². The van der Waals surface area contributed by atoms with Crippen molar-refractivity contribution in [3.05, 3.63) is 30.1 Å². The molecule has 0 fully saturated rings. The molecular formula is C15H23N3S. The number of imidazole rings is 1. The quantitative estimate of drug-likeness (QED) is 0.882. The number of nitrogens with zero attached hydrogens (tertiary/aromatic N) is 2. The van der Waals surface area contributed by atoms with Gasteiger partial charge in [-0.3, -0.25) is 0 Å². The molecule has 1 aromatic carbocycles. The van der Waals surface area contributed by atoms with E-state index in [2.05, 4.69) is 43.5 Å². The van der Waals surface area contributed by atoms with Crippen LogP contribution in [0.25, 0.3) is 11.0 Å². The molecule has 0 saturated carbocycles. The molecule has 0 spiro atoms. The molecule has 2 rings (SSSR count). The van der Waals surface area contributed by atoms with Crippen molar-refractivity contribution < 1.29 is 0 Å². The number of fused-ring (bicyclic) bond motifs is 1. The maximum Gasteiger partial charge on any atom is 0.111 e. The molecule has 104 valence electrons. The number of aryl methyl sites for hydroxylation is 1. The second kappa shape index (κ2) is 6.44. The van der Waals surface area contributed by atoms with Crippen molar-refractivity contribution in [2.45, 2.75) is 45.0 Å². The van der Waals surface area contributed by atoms with Crippen molar-refractivity contribution in [2.24, 2.45) is 5.73 Å². The summed E-state index contributed by atoms with van der Waals surface area (Å²) < 4.78 is 2.27. The number of nitrogens with two attached hydrogens (primary N) is 1. The van der Waals surface area contributed by atoms with Crippen LogP contribution in [0.3, 0.4) is 0 Å². The Morgan fingerprint density at radius 3 is 2.74 bits per heavy atom. The minimum atomic E-state index is 0.175. The normalized spacial score (nSPS) is 13.3. The molecule has 1 aromatic heterocycles. The molecule has 0 radical (unpaired) electrons. The molecule has 4 heteroatoms. The first-order chi connectivity index (χ1) is 9.11. The molecule has 3 nitrogen and oxygen atoms in total. The van der Waals surface area contributed by atoms with Crippen molar-refractivity contribution in [1.82, 2.24) is 9.55 Å². The standard InChI is InChI=1S/C15H23N3S/c1-4-18-14-8-6-5-7-13(14)17-15(18)9-12(16)10-19-11(2)3/h5-8,11-12H,4,9-10,16H2,1-3H3. The van der Waals surface area contributed by atoms with Crippen LogP contribution in [-0.4, -0.2) is 26.6 Å². The number of aromatic nitrogens is 2. The second-order valence-electron chi connectivity index (χ2n) is 5.11. The van der Waals surface area contributed by atoms with Crippen molar-refractivity contribution in [3.8, 4) is 0 Å². The lowest BCUT2D eigenvalue weighted by Gasteiger charge is -2.13. The van der Waals surface area contributed by atoms with Gasteiger partial charge in [0.2, 0.25) is 0 Å². The smallest absolute Gasteiger partial charge is 0.111 e. The maximum absolute atomic E-state index is 6.23. The highest BCUT2D eigenvalue weighted by molar-refractivity contribution is 7.99. The van der Waals surface area contributed by atoms with Crippen LogP contribution < -0.4 is 5.73 Å². The third kappa shape index (κ3) is 3.51. The molecule has 2 N–H and O–H groups in total. The van der Waals surface area contributed by atoms with Crippen molar-refractivity contribution >= 4 is 22.8 Å². The highest BCUT2D eigenvalue weighted by atomic mass is 32.2. The predicted octanol–water partition coefficient (Wildman–Crippen LogP) is 3.07. The summed E-state index contributed by atoms with van der Waals surface area (Å²) >= 11 is 1.92. The first-order valence-electron chi connectivity index (χ1n) is 6.93. The van der Waals surface area contributed by atoms with Crippen LogP contribution in [0.4, 0.5) is 0 Å².